The predicted octanol–water partition coefficient (Wildman–Crippen LogP) is 7.89. The quantitative estimate of drug-likeness (QED) is 0.317. The molecule has 2 atom stereocenters. The number of rotatable bonds is 4. The molecule has 0 aliphatic carbocycles. The zero-order valence-electron chi connectivity index (χ0n) is 17.6. The van der Waals surface area contributed by atoms with E-state index in [-0.39, 0.29) is 18.4 Å². The summed E-state index contributed by atoms with van der Waals surface area (Å²) in [6.45, 7) is 4.04. The van der Waals surface area contributed by atoms with E-state index in [0.717, 1.165) is 49.3 Å². The summed E-state index contributed by atoms with van der Waals surface area (Å²) in [5, 5.41) is 7.81. The fourth-order valence-electron chi connectivity index (χ4n) is 4.13. The van der Waals surface area contributed by atoms with Gasteiger partial charge in [-0.3, -0.25) is 0 Å². The average molecular weight is 577 g/mol. The lowest BCUT2D eigenvalue weighted by Crippen LogP contribution is -2.33. The van der Waals surface area contributed by atoms with Crippen molar-refractivity contribution in [2.45, 2.75) is 38.6 Å². The van der Waals surface area contributed by atoms with Gasteiger partial charge in [0.15, 0.2) is 0 Å². The Morgan fingerprint density at radius 3 is 2.47 bits per heavy atom. The molecule has 32 heavy (non-hydrogen) atoms. The Hall–Kier alpha value is -2.02. The van der Waals surface area contributed by atoms with Gasteiger partial charge in [-0.1, -0.05) is 39.7 Å². The molecule has 2 aliphatic rings. The first-order valence-electron chi connectivity index (χ1n) is 10.4. The lowest BCUT2D eigenvalue weighted by molar-refractivity contribution is -0.0197. The molecule has 2 heterocycles. The molecule has 7 heteroatoms. The molecule has 5 rings (SSSR count). The lowest BCUT2D eigenvalue weighted by Gasteiger charge is -2.38. The Kier molecular flexibility index (Phi) is 5.95. The molecule has 0 fully saturated rings. The van der Waals surface area contributed by atoms with Crippen molar-refractivity contribution in [1.82, 2.24) is 5.01 Å². The molecule has 0 saturated carbocycles. The number of halogens is 3. The number of nitrogens with zero attached hydrogens (tertiary/aromatic N) is 2. The summed E-state index contributed by atoms with van der Waals surface area (Å²) >= 11 is 13.4. The lowest BCUT2D eigenvalue weighted by atomic mass is 9.96. The van der Waals surface area contributed by atoms with Crippen LogP contribution in [0.25, 0.3) is 0 Å². The summed E-state index contributed by atoms with van der Waals surface area (Å²) in [4.78, 5) is 0. The smallest absolute Gasteiger partial charge is 0.213 e. The van der Waals surface area contributed by atoms with Crippen LogP contribution < -0.4 is 9.47 Å². The van der Waals surface area contributed by atoms with Crippen LogP contribution in [0, 0.1) is 0 Å². The first-order valence-corrected chi connectivity index (χ1v) is 12.4. The van der Waals surface area contributed by atoms with E-state index in [1.54, 1.807) is 0 Å². The Bertz CT molecular complexity index is 1180. The van der Waals surface area contributed by atoms with Gasteiger partial charge in [-0.25, -0.2) is 5.01 Å². The third kappa shape index (κ3) is 4.16. The van der Waals surface area contributed by atoms with Crippen LogP contribution in [0.2, 0.25) is 5.02 Å². The van der Waals surface area contributed by atoms with Gasteiger partial charge < -0.3 is 9.47 Å². The highest BCUT2D eigenvalue weighted by molar-refractivity contribution is 9.11. The molecule has 164 valence electrons. The molecule has 0 N–H and O–H groups in total. The summed E-state index contributed by atoms with van der Waals surface area (Å²) in [6, 6.07) is 20.1. The molecule has 2 aliphatic heterocycles. The van der Waals surface area contributed by atoms with Crippen LogP contribution in [0.3, 0.4) is 0 Å². The Balaban J connectivity index is 1.56. The van der Waals surface area contributed by atoms with Crippen molar-refractivity contribution in [3.8, 4) is 11.5 Å². The molecule has 3 aromatic carbocycles. The molecule has 3 aromatic rings. The van der Waals surface area contributed by atoms with Crippen molar-refractivity contribution in [1.29, 1.82) is 0 Å². The highest BCUT2D eigenvalue weighted by atomic mass is 79.9. The third-order valence-electron chi connectivity index (χ3n) is 5.52. The minimum absolute atomic E-state index is 0.0646. The summed E-state index contributed by atoms with van der Waals surface area (Å²) < 4.78 is 14.3. The van der Waals surface area contributed by atoms with Crippen LogP contribution >= 0.6 is 43.5 Å². The molecule has 0 unspecified atom stereocenters. The number of benzene rings is 3. The number of fused-ring (bicyclic) bond motifs is 3. The first-order chi connectivity index (χ1) is 15.4. The van der Waals surface area contributed by atoms with Gasteiger partial charge in [0.05, 0.1) is 22.3 Å². The van der Waals surface area contributed by atoms with Crippen molar-refractivity contribution in [3.05, 3.63) is 91.3 Å². The zero-order chi connectivity index (χ0) is 22.4. The van der Waals surface area contributed by atoms with Crippen molar-refractivity contribution in [3.63, 3.8) is 0 Å². The average Bonchev–Trinajstić information content (AvgIpc) is 3.20. The standard InChI is InChI=1S/C25H21Br2ClN2O2/c1-14(2)31-19-9-5-16(6-10-19)25-30-23(20-11-17(26)12-21(27)24(20)32-25)13-22(29-30)15-3-7-18(28)8-4-15/h3-12,14,23,25H,13H2,1-2H3/t23-,25+/m1/s1. The van der Waals surface area contributed by atoms with E-state index in [1.807, 2.05) is 68.4 Å². The maximum Gasteiger partial charge on any atom is 0.213 e. The second kappa shape index (κ2) is 8.73. The van der Waals surface area contributed by atoms with Crippen molar-refractivity contribution in [2.24, 2.45) is 5.10 Å². The fraction of sp³-hybridized carbons (Fsp3) is 0.240. The Labute approximate surface area is 209 Å². The van der Waals surface area contributed by atoms with E-state index >= 15 is 0 Å². The number of hydrogen-bond acceptors (Lipinski definition) is 4. The number of ether oxygens (including phenoxy) is 2. The molecular weight excluding hydrogens is 556 g/mol. The monoisotopic (exact) mass is 574 g/mol. The van der Waals surface area contributed by atoms with Crippen LogP contribution in [0.1, 0.15) is 49.2 Å². The van der Waals surface area contributed by atoms with E-state index in [0.29, 0.717) is 5.02 Å². The number of hydrazone groups is 1. The fourth-order valence-corrected chi connectivity index (χ4v) is 5.61. The molecule has 0 spiro atoms. The van der Waals surface area contributed by atoms with Crippen LogP contribution in [0.5, 0.6) is 11.5 Å². The normalized spacial score (nSPS) is 19.3. The first kappa shape index (κ1) is 21.8. The van der Waals surface area contributed by atoms with Crippen molar-refractivity contribution >= 4 is 49.2 Å². The molecule has 0 aromatic heterocycles. The Morgan fingerprint density at radius 1 is 1.06 bits per heavy atom. The van der Waals surface area contributed by atoms with Crippen molar-refractivity contribution in [2.75, 3.05) is 0 Å². The summed E-state index contributed by atoms with van der Waals surface area (Å²) in [5.74, 6) is 1.70. The van der Waals surface area contributed by atoms with Crippen LogP contribution in [0.15, 0.2) is 74.7 Å². The summed E-state index contributed by atoms with van der Waals surface area (Å²) in [5.41, 5.74) is 4.21. The van der Waals surface area contributed by atoms with Crippen LogP contribution in [-0.4, -0.2) is 16.8 Å². The van der Waals surface area contributed by atoms with Crippen molar-refractivity contribution < 1.29 is 9.47 Å². The zero-order valence-corrected chi connectivity index (χ0v) is 21.5. The van der Waals surface area contributed by atoms with E-state index in [9.17, 15) is 0 Å². The van der Waals surface area contributed by atoms with E-state index in [1.165, 1.54) is 0 Å². The minimum Gasteiger partial charge on any atom is -0.491 e. The largest absolute Gasteiger partial charge is 0.491 e. The number of hydrogen-bond donors (Lipinski definition) is 0. The van der Waals surface area contributed by atoms with Gasteiger partial charge in [0.1, 0.15) is 11.5 Å². The second-order valence-electron chi connectivity index (χ2n) is 8.17. The maximum absolute atomic E-state index is 6.53. The SMILES string of the molecule is CC(C)Oc1ccc([C@@H]2Oc3c(Br)cc(Br)cc3[C@H]3CC(c4ccc(Cl)cc4)=NN32)cc1. The highest BCUT2D eigenvalue weighted by Crippen LogP contribution is 2.51. The summed E-state index contributed by atoms with van der Waals surface area (Å²) in [7, 11) is 0. The van der Waals surface area contributed by atoms with Gasteiger partial charge in [0, 0.05) is 27.0 Å². The second-order valence-corrected chi connectivity index (χ2v) is 10.4. The topological polar surface area (TPSA) is 34.1 Å². The van der Waals surface area contributed by atoms with E-state index in [2.05, 4.69) is 42.9 Å². The van der Waals surface area contributed by atoms with Gasteiger partial charge >= 0.3 is 0 Å². The van der Waals surface area contributed by atoms with Gasteiger partial charge in [-0.2, -0.15) is 5.10 Å². The highest BCUT2D eigenvalue weighted by Gasteiger charge is 2.42. The van der Waals surface area contributed by atoms with Gasteiger partial charge in [0.2, 0.25) is 6.23 Å². The molecular formula is C25H21Br2ClN2O2. The molecule has 0 saturated heterocycles. The van der Waals surface area contributed by atoms with Gasteiger partial charge in [-0.05, 0) is 83.9 Å². The third-order valence-corrected chi connectivity index (χ3v) is 6.82. The molecule has 0 amide bonds. The van der Waals surface area contributed by atoms with E-state index in [4.69, 9.17) is 26.2 Å². The molecule has 0 bridgehead atoms. The Morgan fingerprint density at radius 2 is 1.78 bits per heavy atom. The van der Waals surface area contributed by atoms with Crippen LogP contribution in [0.4, 0.5) is 0 Å². The van der Waals surface area contributed by atoms with Gasteiger partial charge in [0.25, 0.3) is 0 Å². The molecule has 0 radical (unpaired) electrons. The molecule has 4 nitrogen and oxygen atoms in total. The maximum atomic E-state index is 6.53. The summed E-state index contributed by atoms with van der Waals surface area (Å²) in [6.07, 6.45) is 0.566. The van der Waals surface area contributed by atoms with Gasteiger partial charge in [-0.15, -0.1) is 0 Å². The van der Waals surface area contributed by atoms with E-state index < -0.39 is 0 Å². The minimum atomic E-state index is -0.345. The predicted molar refractivity (Wildman–Crippen MR) is 135 cm³/mol. The van der Waals surface area contributed by atoms with Crippen LogP contribution in [-0.2, 0) is 0 Å².